The van der Waals surface area contributed by atoms with E-state index >= 15 is 0 Å². The van der Waals surface area contributed by atoms with Crippen LogP contribution < -0.4 is 0 Å². The SMILES string of the molecule is Cc1cc(/C=C/C(=O)c2c(C)c(C)c(C)c(C)c2C)cc(C)c1O. The highest BCUT2D eigenvalue weighted by molar-refractivity contribution is 6.09. The van der Waals surface area contributed by atoms with Crippen molar-refractivity contribution >= 4 is 11.9 Å². The first-order valence-electron chi connectivity index (χ1n) is 8.24. The molecule has 126 valence electrons. The Morgan fingerprint density at radius 2 is 1.21 bits per heavy atom. The molecule has 0 heterocycles. The molecule has 0 atom stereocenters. The summed E-state index contributed by atoms with van der Waals surface area (Å²) in [5.74, 6) is 0.342. The number of phenols is 1. The van der Waals surface area contributed by atoms with Crippen LogP contribution in [0, 0.1) is 48.5 Å². The third-order valence-corrected chi connectivity index (χ3v) is 5.19. The largest absolute Gasteiger partial charge is 0.507 e. The van der Waals surface area contributed by atoms with Gasteiger partial charge in [0.15, 0.2) is 5.78 Å². The number of hydrogen-bond donors (Lipinski definition) is 1. The molecule has 0 saturated heterocycles. The van der Waals surface area contributed by atoms with Gasteiger partial charge in [-0.1, -0.05) is 6.08 Å². The molecule has 24 heavy (non-hydrogen) atoms. The number of phenolic OH excluding ortho intramolecular Hbond substituents is 1. The Bertz CT molecular complexity index is 803. The summed E-state index contributed by atoms with van der Waals surface area (Å²) in [4.78, 5) is 12.8. The van der Waals surface area contributed by atoms with Gasteiger partial charge >= 0.3 is 0 Å². The van der Waals surface area contributed by atoms with Crippen molar-refractivity contribution in [3.05, 3.63) is 68.3 Å². The summed E-state index contributed by atoms with van der Waals surface area (Å²) in [6.07, 6.45) is 3.46. The van der Waals surface area contributed by atoms with E-state index < -0.39 is 0 Å². The maximum absolute atomic E-state index is 12.8. The lowest BCUT2D eigenvalue weighted by molar-refractivity contribution is 0.104. The second-order valence-corrected chi connectivity index (χ2v) is 6.70. The van der Waals surface area contributed by atoms with Gasteiger partial charge in [-0.2, -0.15) is 0 Å². The van der Waals surface area contributed by atoms with E-state index in [4.69, 9.17) is 0 Å². The van der Waals surface area contributed by atoms with E-state index in [2.05, 4.69) is 20.8 Å². The summed E-state index contributed by atoms with van der Waals surface area (Å²) in [5, 5.41) is 9.85. The van der Waals surface area contributed by atoms with Gasteiger partial charge in [-0.3, -0.25) is 4.79 Å². The highest BCUT2D eigenvalue weighted by Crippen LogP contribution is 2.27. The normalized spacial score (nSPS) is 11.3. The van der Waals surface area contributed by atoms with Crippen molar-refractivity contribution in [2.75, 3.05) is 0 Å². The van der Waals surface area contributed by atoms with Crippen LogP contribution in [-0.2, 0) is 0 Å². The fourth-order valence-electron chi connectivity index (χ4n) is 3.21. The van der Waals surface area contributed by atoms with Crippen molar-refractivity contribution in [2.24, 2.45) is 0 Å². The second-order valence-electron chi connectivity index (χ2n) is 6.70. The molecule has 0 aromatic heterocycles. The average molecular weight is 322 g/mol. The van der Waals surface area contributed by atoms with Crippen LogP contribution in [-0.4, -0.2) is 10.9 Å². The lowest BCUT2D eigenvalue weighted by atomic mass is 9.87. The molecule has 0 spiro atoms. The second kappa shape index (κ2) is 6.64. The van der Waals surface area contributed by atoms with Crippen LogP contribution in [0.1, 0.15) is 54.9 Å². The number of ketones is 1. The number of aryl methyl sites for hydroxylation is 2. The molecule has 2 heteroatoms. The molecule has 0 unspecified atom stereocenters. The molecule has 0 aliphatic carbocycles. The first-order chi connectivity index (χ1) is 11.1. The number of rotatable bonds is 3. The van der Waals surface area contributed by atoms with Crippen LogP contribution in [0.15, 0.2) is 18.2 Å². The third kappa shape index (κ3) is 3.14. The van der Waals surface area contributed by atoms with Crippen molar-refractivity contribution in [2.45, 2.75) is 48.5 Å². The summed E-state index contributed by atoms with van der Waals surface area (Å²) in [6, 6.07) is 3.77. The van der Waals surface area contributed by atoms with Crippen LogP contribution in [0.5, 0.6) is 5.75 Å². The van der Waals surface area contributed by atoms with E-state index in [1.807, 2.05) is 45.9 Å². The summed E-state index contributed by atoms with van der Waals surface area (Å²) >= 11 is 0. The Hall–Kier alpha value is -2.35. The van der Waals surface area contributed by atoms with E-state index in [0.29, 0.717) is 5.75 Å². The molecule has 2 nitrogen and oxygen atoms in total. The van der Waals surface area contributed by atoms with Crippen molar-refractivity contribution in [3.8, 4) is 5.75 Å². The van der Waals surface area contributed by atoms with Gasteiger partial charge in [0, 0.05) is 5.56 Å². The quantitative estimate of drug-likeness (QED) is 0.603. The van der Waals surface area contributed by atoms with Gasteiger partial charge in [-0.25, -0.2) is 0 Å². The fourth-order valence-corrected chi connectivity index (χ4v) is 3.21. The van der Waals surface area contributed by atoms with Gasteiger partial charge < -0.3 is 5.11 Å². The summed E-state index contributed by atoms with van der Waals surface area (Å²) in [5.41, 5.74) is 9.11. The topological polar surface area (TPSA) is 37.3 Å². The Balaban J connectivity index is 2.45. The molecule has 0 aliphatic rings. The minimum atomic E-state index is 0.0274. The Labute approximate surface area is 144 Å². The summed E-state index contributed by atoms with van der Waals surface area (Å²) in [7, 11) is 0. The number of carbonyl (C=O) groups is 1. The maximum atomic E-state index is 12.8. The van der Waals surface area contributed by atoms with Crippen molar-refractivity contribution in [1.29, 1.82) is 0 Å². The van der Waals surface area contributed by atoms with Crippen molar-refractivity contribution < 1.29 is 9.90 Å². The van der Waals surface area contributed by atoms with Crippen molar-refractivity contribution in [3.63, 3.8) is 0 Å². The van der Waals surface area contributed by atoms with E-state index in [1.165, 1.54) is 16.7 Å². The van der Waals surface area contributed by atoms with Gasteiger partial charge in [-0.05, 0) is 111 Å². The van der Waals surface area contributed by atoms with Gasteiger partial charge in [0.1, 0.15) is 5.75 Å². The number of allylic oxidation sites excluding steroid dienone is 1. The van der Waals surface area contributed by atoms with E-state index in [0.717, 1.165) is 33.4 Å². The predicted molar refractivity (Wildman–Crippen MR) is 101 cm³/mol. The zero-order valence-electron chi connectivity index (χ0n) is 15.7. The maximum Gasteiger partial charge on any atom is 0.186 e. The first-order valence-corrected chi connectivity index (χ1v) is 8.24. The molecule has 0 radical (unpaired) electrons. The number of benzene rings is 2. The van der Waals surface area contributed by atoms with Gasteiger partial charge in [0.2, 0.25) is 0 Å². The monoisotopic (exact) mass is 322 g/mol. The third-order valence-electron chi connectivity index (χ3n) is 5.19. The summed E-state index contributed by atoms with van der Waals surface area (Å²) < 4.78 is 0. The average Bonchev–Trinajstić information content (AvgIpc) is 2.54. The minimum absolute atomic E-state index is 0.0274. The number of hydrogen-bond acceptors (Lipinski definition) is 2. The molecule has 2 aromatic carbocycles. The van der Waals surface area contributed by atoms with Crippen molar-refractivity contribution in [1.82, 2.24) is 0 Å². The lowest BCUT2D eigenvalue weighted by Gasteiger charge is -2.16. The molecule has 0 aliphatic heterocycles. The standard InChI is InChI=1S/C22H26O2/c1-12-10-19(11-13(2)22(12)24)8-9-20(23)21-17(6)15(4)14(3)16(5)18(21)7/h8-11,24H,1-7H3/b9-8+. The van der Waals surface area contributed by atoms with Crippen LogP contribution in [0.3, 0.4) is 0 Å². The van der Waals surface area contributed by atoms with Gasteiger partial charge in [0.25, 0.3) is 0 Å². The van der Waals surface area contributed by atoms with E-state index in [9.17, 15) is 9.90 Å². The molecule has 0 fully saturated rings. The highest BCUT2D eigenvalue weighted by atomic mass is 16.3. The molecule has 0 bridgehead atoms. The lowest BCUT2D eigenvalue weighted by Crippen LogP contribution is -2.07. The molecule has 2 rings (SSSR count). The molecule has 0 amide bonds. The van der Waals surface area contributed by atoms with Gasteiger partial charge in [0.05, 0.1) is 0 Å². The molecular formula is C22H26O2. The fraction of sp³-hybridized carbons (Fsp3) is 0.318. The Kier molecular flexibility index (Phi) is 4.98. The van der Waals surface area contributed by atoms with Crippen LogP contribution >= 0.6 is 0 Å². The highest BCUT2D eigenvalue weighted by Gasteiger charge is 2.16. The van der Waals surface area contributed by atoms with Crippen LogP contribution in [0.4, 0.5) is 0 Å². The summed E-state index contributed by atoms with van der Waals surface area (Å²) in [6.45, 7) is 14.0. The number of aromatic hydroxyl groups is 1. The van der Waals surface area contributed by atoms with E-state index in [1.54, 1.807) is 6.08 Å². The molecule has 0 saturated carbocycles. The Morgan fingerprint density at radius 3 is 1.67 bits per heavy atom. The molecular weight excluding hydrogens is 296 g/mol. The number of carbonyl (C=O) groups excluding carboxylic acids is 1. The van der Waals surface area contributed by atoms with Crippen LogP contribution in [0.2, 0.25) is 0 Å². The minimum Gasteiger partial charge on any atom is -0.507 e. The van der Waals surface area contributed by atoms with Crippen LogP contribution in [0.25, 0.3) is 6.08 Å². The Morgan fingerprint density at radius 1 is 0.792 bits per heavy atom. The predicted octanol–water partition coefficient (Wildman–Crippen LogP) is 5.45. The van der Waals surface area contributed by atoms with E-state index in [-0.39, 0.29) is 5.78 Å². The smallest absolute Gasteiger partial charge is 0.186 e. The molecule has 1 N–H and O–H groups in total. The zero-order valence-corrected chi connectivity index (χ0v) is 15.7. The zero-order chi connectivity index (χ0) is 18.2. The molecule has 2 aromatic rings. The van der Waals surface area contributed by atoms with Gasteiger partial charge in [-0.15, -0.1) is 0 Å². The first kappa shape index (κ1) is 18.0.